The van der Waals surface area contributed by atoms with Gasteiger partial charge in [0.15, 0.2) is 18.9 Å². The number of ketones is 2. The Balaban J connectivity index is 1.25. The second kappa shape index (κ2) is 52.4. The van der Waals surface area contributed by atoms with Crippen molar-refractivity contribution in [2.75, 3.05) is 85.7 Å². The molecule has 0 radical (unpaired) electrons. The Morgan fingerprint density at radius 3 is 1.19 bits per heavy atom. The van der Waals surface area contributed by atoms with Crippen molar-refractivity contribution in [3.8, 4) is 0 Å². The molecule has 0 aromatic rings. The number of carbonyl (C=O) groups excluding carboxylic acids is 6. The summed E-state index contributed by atoms with van der Waals surface area (Å²) in [6.07, 6.45) is 8.96. The average molecular weight is 1390 g/mol. The minimum Gasteiger partial charge on any atom is -0.466 e. The second-order valence-electron chi connectivity index (χ2n) is 27.3. The first-order valence-electron chi connectivity index (χ1n) is 36.6. The van der Waals surface area contributed by atoms with E-state index in [0.717, 1.165) is 116 Å². The molecule has 0 saturated carbocycles. The van der Waals surface area contributed by atoms with Crippen LogP contribution in [0, 0.1) is 23.2 Å². The molecule has 12 N–H and O–H groups in total. The van der Waals surface area contributed by atoms with Crippen LogP contribution in [0.25, 0.3) is 0 Å². The molecule has 3 rings (SSSR count). The number of nitrogens with one attached hydrogen (secondary N) is 3. The van der Waals surface area contributed by atoms with Crippen molar-refractivity contribution in [2.24, 2.45) is 23.2 Å². The Morgan fingerprint density at radius 1 is 0.371 bits per heavy atom. The molecule has 3 aliphatic rings. The molecule has 3 amide bonds. The van der Waals surface area contributed by atoms with E-state index in [1.807, 2.05) is 0 Å². The number of hydrogen-bond acceptors (Lipinski definition) is 24. The summed E-state index contributed by atoms with van der Waals surface area (Å²) in [5.74, 6) is -1.59. The van der Waals surface area contributed by atoms with Crippen molar-refractivity contribution < 1.29 is 117 Å². The Labute approximate surface area is 576 Å². The third-order valence-electron chi connectivity index (χ3n) is 18.7. The van der Waals surface area contributed by atoms with Gasteiger partial charge in [-0.15, -0.1) is 0 Å². The van der Waals surface area contributed by atoms with Gasteiger partial charge in [-0.2, -0.15) is 0 Å². The number of aliphatic hydroxyl groups excluding tert-OH is 9. The largest absolute Gasteiger partial charge is 0.466 e. The highest BCUT2D eigenvalue weighted by Crippen LogP contribution is 2.33. The van der Waals surface area contributed by atoms with Gasteiger partial charge >= 0.3 is 12.1 Å². The maximum Gasteiger partial charge on any atom is 0.407 e. The highest BCUT2D eigenvalue weighted by Gasteiger charge is 2.45. The lowest BCUT2D eigenvalue weighted by atomic mass is 9.81. The maximum absolute atomic E-state index is 12.8. The van der Waals surface area contributed by atoms with Crippen molar-refractivity contribution in [3.63, 3.8) is 0 Å². The molecule has 16 atom stereocenters. The first kappa shape index (κ1) is 87.6. The lowest BCUT2D eigenvalue weighted by Crippen LogP contribution is -2.55. The van der Waals surface area contributed by atoms with Gasteiger partial charge in [0, 0.05) is 82.3 Å². The molecule has 0 bridgehead atoms. The summed E-state index contributed by atoms with van der Waals surface area (Å²) in [4.78, 5) is 75.0. The van der Waals surface area contributed by atoms with E-state index in [-0.39, 0.29) is 80.6 Å². The fourth-order valence-electron chi connectivity index (χ4n) is 12.1. The number of Topliss-reactive ketones (excluding diaryl/α,β-unsaturated/α-hetero) is 2. The number of esters is 1. The SMILES string of the molecule is CC1C(OCCCC(=O)CCCCCCCNC(=O)OCCCCCC(C)(CCCOC(=O)CCCCCCCNC(=O)CCCOC2OC(CO)C(O)C(O)C2C)COCCC(=O)CCCCCCCNC(=O)CCCOC2OC(CO)C(O)C(O)C2C)OC(CO)C(O)C1O. The number of ether oxygens (including phenoxy) is 9. The molecule has 0 aromatic heterocycles. The summed E-state index contributed by atoms with van der Waals surface area (Å²) < 4.78 is 51.0. The predicted molar refractivity (Wildman–Crippen MR) is 357 cm³/mol. The first-order chi connectivity index (χ1) is 46.6. The normalized spacial score (nSPS) is 26.4. The number of alkyl carbamates (subject to hydrolysis) is 1. The number of amides is 3. The monoisotopic (exact) mass is 1390 g/mol. The Bertz CT molecular complexity index is 2020. The van der Waals surface area contributed by atoms with Crippen molar-refractivity contribution in [3.05, 3.63) is 0 Å². The van der Waals surface area contributed by atoms with Gasteiger partial charge in [0.2, 0.25) is 11.8 Å². The summed E-state index contributed by atoms with van der Waals surface area (Å²) >= 11 is 0. The molecule has 3 aliphatic heterocycles. The smallest absolute Gasteiger partial charge is 0.407 e. The summed E-state index contributed by atoms with van der Waals surface area (Å²) in [7, 11) is 0. The van der Waals surface area contributed by atoms with Crippen LogP contribution in [0.15, 0.2) is 0 Å². The zero-order valence-electron chi connectivity index (χ0n) is 58.9. The number of carbonyl (C=O) groups is 6. The fraction of sp³-hybridized carbons (Fsp3) is 0.914. The average Bonchev–Trinajstić information content (AvgIpc) is 0.851. The molecule has 16 unspecified atom stereocenters. The summed E-state index contributed by atoms with van der Waals surface area (Å²) in [6.45, 7) is 9.53. The second-order valence-corrected chi connectivity index (χ2v) is 27.3. The van der Waals surface area contributed by atoms with E-state index in [9.17, 15) is 74.7 Å². The van der Waals surface area contributed by atoms with E-state index in [4.69, 9.17) is 42.6 Å². The molecule has 3 saturated heterocycles. The number of hydrogen-bond donors (Lipinski definition) is 12. The van der Waals surface area contributed by atoms with E-state index in [1.54, 1.807) is 20.8 Å². The summed E-state index contributed by atoms with van der Waals surface area (Å²) in [5.41, 5.74) is -0.243. The lowest BCUT2D eigenvalue weighted by molar-refractivity contribution is -0.282. The van der Waals surface area contributed by atoms with E-state index in [2.05, 4.69) is 22.9 Å². The van der Waals surface area contributed by atoms with Crippen LogP contribution >= 0.6 is 0 Å². The standard InChI is InChI=1S/C70H127N3O24/c1-49-60(82)63(85)54(45-74)95-66(49)91-40-23-29-52(77)27-15-8-6-13-21-38-73-69(88)94-39-22-14-18-34-70(4,35-26-43-90-59(81)32-17-10-7-12-20-37-72-58(80)31-25-42-93-68-51(3)62(84)65(87)56(47-76)97-68)48-89-44-33-53(78)28-16-9-5-11-19-36-71-57(79)30-24-41-92-67-50(2)61(83)64(86)55(46-75)96-67/h49-51,54-56,60-68,74-76,82-87H,5-48H2,1-4H3,(H,71,79)(H,72,80)(H,73,88). The van der Waals surface area contributed by atoms with Gasteiger partial charge in [0.1, 0.15) is 48.2 Å². The van der Waals surface area contributed by atoms with Crippen LogP contribution in [0.2, 0.25) is 0 Å². The molecule has 97 heavy (non-hydrogen) atoms. The maximum atomic E-state index is 12.8. The molecule has 0 spiro atoms. The highest BCUT2D eigenvalue weighted by molar-refractivity contribution is 5.79. The van der Waals surface area contributed by atoms with Crippen LogP contribution in [0.4, 0.5) is 4.79 Å². The molecular formula is C70H127N3O24. The molecule has 27 heteroatoms. The fourth-order valence-corrected chi connectivity index (χ4v) is 12.1. The van der Waals surface area contributed by atoms with E-state index in [1.165, 1.54) is 0 Å². The molecular weight excluding hydrogens is 1270 g/mol. The van der Waals surface area contributed by atoms with Crippen LogP contribution in [-0.2, 0) is 66.6 Å². The van der Waals surface area contributed by atoms with Gasteiger partial charge in [0.05, 0.1) is 84.4 Å². The Morgan fingerprint density at radius 2 is 0.732 bits per heavy atom. The number of unbranched alkanes of at least 4 members (excludes halogenated alkanes) is 14. The van der Waals surface area contributed by atoms with Crippen molar-refractivity contribution in [1.29, 1.82) is 0 Å². The molecule has 0 aliphatic carbocycles. The van der Waals surface area contributed by atoms with Crippen LogP contribution in [0.3, 0.4) is 0 Å². The summed E-state index contributed by atoms with van der Waals surface area (Å²) in [5, 5.41) is 97.6. The van der Waals surface area contributed by atoms with Gasteiger partial charge in [-0.1, -0.05) is 98.3 Å². The minimum atomic E-state index is -1.20. The summed E-state index contributed by atoms with van der Waals surface area (Å²) in [6, 6.07) is 0. The van der Waals surface area contributed by atoms with Crippen LogP contribution in [0.1, 0.15) is 227 Å². The number of rotatable bonds is 57. The van der Waals surface area contributed by atoms with Crippen molar-refractivity contribution in [1.82, 2.24) is 16.0 Å². The molecule has 27 nitrogen and oxygen atoms in total. The predicted octanol–water partition coefficient (Wildman–Crippen LogP) is 5.02. The third-order valence-corrected chi connectivity index (χ3v) is 18.7. The highest BCUT2D eigenvalue weighted by atomic mass is 16.7. The van der Waals surface area contributed by atoms with Gasteiger partial charge < -0.3 is 105 Å². The van der Waals surface area contributed by atoms with Crippen molar-refractivity contribution >= 4 is 35.4 Å². The van der Waals surface area contributed by atoms with E-state index in [0.29, 0.717) is 103 Å². The van der Waals surface area contributed by atoms with Gasteiger partial charge in [0.25, 0.3) is 0 Å². The van der Waals surface area contributed by atoms with Gasteiger partial charge in [-0.25, -0.2) is 4.79 Å². The van der Waals surface area contributed by atoms with Gasteiger partial charge in [-0.3, -0.25) is 24.0 Å². The lowest BCUT2D eigenvalue weighted by Gasteiger charge is -2.40. The quantitative estimate of drug-likeness (QED) is 0.0281. The van der Waals surface area contributed by atoms with Crippen LogP contribution in [0.5, 0.6) is 0 Å². The molecule has 3 fully saturated rings. The topological polar surface area (TPSA) is 404 Å². The molecule has 0 aromatic carbocycles. The zero-order chi connectivity index (χ0) is 71.2. The number of aliphatic hydroxyl groups is 9. The Kier molecular flexibility index (Phi) is 47.3. The van der Waals surface area contributed by atoms with Gasteiger partial charge in [-0.05, 0) is 88.9 Å². The molecule has 3 heterocycles. The van der Waals surface area contributed by atoms with Crippen LogP contribution < -0.4 is 16.0 Å². The first-order valence-corrected chi connectivity index (χ1v) is 36.6. The Hall–Kier alpha value is -3.62. The van der Waals surface area contributed by atoms with E-state index < -0.39 is 117 Å². The zero-order valence-corrected chi connectivity index (χ0v) is 58.9. The minimum absolute atomic E-state index is 0.0879. The molecule has 566 valence electrons. The van der Waals surface area contributed by atoms with Crippen molar-refractivity contribution in [2.45, 2.75) is 301 Å². The third kappa shape index (κ3) is 37.2. The van der Waals surface area contributed by atoms with Crippen LogP contribution in [-0.4, -0.2) is 241 Å². The van der Waals surface area contributed by atoms with E-state index >= 15 is 0 Å².